The van der Waals surface area contributed by atoms with E-state index < -0.39 is 12.1 Å². The van der Waals surface area contributed by atoms with Gasteiger partial charge in [0.15, 0.2) is 0 Å². The Morgan fingerprint density at radius 2 is 2.00 bits per heavy atom. The molecule has 0 heterocycles. The van der Waals surface area contributed by atoms with Gasteiger partial charge in [0.1, 0.15) is 0 Å². The Morgan fingerprint density at radius 3 is 2.63 bits per heavy atom. The lowest BCUT2D eigenvalue weighted by Gasteiger charge is -2.14. The van der Waals surface area contributed by atoms with E-state index in [4.69, 9.17) is 0 Å². The second kappa shape index (κ2) is 12.5. The minimum Gasteiger partial charge on any atom is -0.170 e. The number of hydrogen-bond acceptors (Lipinski definition) is 1. The van der Waals surface area contributed by atoms with Crippen LogP contribution in [0.3, 0.4) is 0 Å². The average Bonchev–Trinajstić information content (AvgIpc) is 2.83. The van der Waals surface area contributed by atoms with E-state index >= 15 is 0 Å². The smallest absolute Gasteiger partial charge is 0.170 e. The molecule has 1 rings (SSSR count). The van der Waals surface area contributed by atoms with Crippen molar-refractivity contribution in [1.82, 2.24) is 0 Å². The lowest BCUT2D eigenvalue weighted by molar-refractivity contribution is -0.156. The Balaban J connectivity index is 2.48. The molecule has 0 amide bonds. The van der Waals surface area contributed by atoms with Crippen molar-refractivity contribution in [3.8, 4) is 0 Å². The van der Waals surface area contributed by atoms with Crippen LogP contribution in [-0.4, -0.2) is 17.2 Å². The molecular formula is C23H35F3S. The van der Waals surface area contributed by atoms with Crippen LogP contribution in [0, 0.1) is 11.8 Å². The minimum atomic E-state index is -4.15. The number of unbranched alkanes of at least 4 members (excludes halogenated alkanes) is 1. The molecule has 0 radical (unpaired) electrons. The van der Waals surface area contributed by atoms with Gasteiger partial charge in [0.05, 0.1) is 5.92 Å². The van der Waals surface area contributed by atoms with E-state index in [0.29, 0.717) is 17.6 Å². The third-order valence-corrected chi connectivity index (χ3v) is 6.09. The predicted octanol–water partition coefficient (Wildman–Crippen LogP) is 8.28. The number of thioether (sulfide) groups is 1. The molecule has 0 nitrogen and oxygen atoms in total. The standard InChI is InChI=1S/C23H35F3S/c1-5-21(13-8-10-19(4)23(24,25)26)22-14-9-12-20(15-16-22)11-6-7-17-27-18(2)3/h5,8-10,14-15,18-19,22H,6-7,11-13,16-17H2,1-4H3/b10-8-,21-5+. The number of rotatable bonds is 10. The molecule has 1 aliphatic rings. The summed E-state index contributed by atoms with van der Waals surface area (Å²) in [5.41, 5.74) is 2.70. The van der Waals surface area contributed by atoms with Crippen LogP contribution in [0.1, 0.15) is 66.2 Å². The fourth-order valence-electron chi connectivity index (χ4n) is 3.09. The largest absolute Gasteiger partial charge is 0.394 e. The topological polar surface area (TPSA) is 0 Å². The van der Waals surface area contributed by atoms with Crippen molar-refractivity contribution in [2.75, 3.05) is 5.75 Å². The highest BCUT2D eigenvalue weighted by atomic mass is 32.2. The van der Waals surface area contributed by atoms with E-state index in [9.17, 15) is 13.2 Å². The van der Waals surface area contributed by atoms with Crippen LogP contribution in [0.2, 0.25) is 0 Å². The van der Waals surface area contributed by atoms with Crippen LogP contribution in [0.25, 0.3) is 0 Å². The summed E-state index contributed by atoms with van der Waals surface area (Å²) in [4.78, 5) is 0. The van der Waals surface area contributed by atoms with Crippen molar-refractivity contribution < 1.29 is 13.2 Å². The van der Waals surface area contributed by atoms with Gasteiger partial charge in [0.2, 0.25) is 0 Å². The molecule has 0 aromatic rings. The van der Waals surface area contributed by atoms with Crippen LogP contribution >= 0.6 is 11.8 Å². The van der Waals surface area contributed by atoms with Gasteiger partial charge in [-0.1, -0.05) is 68.4 Å². The average molecular weight is 401 g/mol. The molecule has 154 valence electrons. The van der Waals surface area contributed by atoms with Crippen molar-refractivity contribution >= 4 is 11.8 Å². The quantitative estimate of drug-likeness (QED) is 0.262. The first-order chi connectivity index (χ1) is 12.7. The Morgan fingerprint density at radius 1 is 1.26 bits per heavy atom. The summed E-state index contributed by atoms with van der Waals surface area (Å²) in [6.07, 6.45) is 13.9. The number of allylic oxidation sites excluding steroid dienone is 8. The maximum Gasteiger partial charge on any atom is 0.394 e. The van der Waals surface area contributed by atoms with Crippen LogP contribution in [0.5, 0.6) is 0 Å². The predicted molar refractivity (Wildman–Crippen MR) is 114 cm³/mol. The van der Waals surface area contributed by atoms with E-state index in [2.05, 4.69) is 38.2 Å². The van der Waals surface area contributed by atoms with E-state index in [-0.39, 0.29) is 0 Å². The fraction of sp³-hybridized carbons (Fsp3) is 0.652. The molecule has 1 aliphatic carbocycles. The SMILES string of the molecule is C/C=C(\C/C=C\C(C)C(F)(F)F)C1C=CCC(CCCCSC(C)C)=CC1. The van der Waals surface area contributed by atoms with Crippen LogP contribution in [0.15, 0.2) is 47.6 Å². The highest BCUT2D eigenvalue weighted by molar-refractivity contribution is 7.99. The first-order valence-electron chi connectivity index (χ1n) is 10.1. The summed E-state index contributed by atoms with van der Waals surface area (Å²) in [6, 6.07) is 0. The summed E-state index contributed by atoms with van der Waals surface area (Å²) in [5, 5.41) is 0.707. The van der Waals surface area contributed by atoms with Crippen molar-refractivity contribution in [3.05, 3.63) is 47.6 Å². The maximum atomic E-state index is 12.6. The van der Waals surface area contributed by atoms with Gasteiger partial charge in [0, 0.05) is 5.92 Å². The number of alkyl halides is 3. The Bertz CT molecular complexity index is 538. The van der Waals surface area contributed by atoms with Crippen molar-refractivity contribution in [2.45, 2.75) is 77.6 Å². The molecule has 4 heteroatoms. The Kier molecular flexibility index (Phi) is 11.2. The second-order valence-electron chi connectivity index (χ2n) is 7.54. The lowest BCUT2D eigenvalue weighted by atomic mass is 9.92. The zero-order chi connectivity index (χ0) is 20.3. The number of hydrogen-bond donors (Lipinski definition) is 0. The van der Waals surface area contributed by atoms with Gasteiger partial charge in [-0.2, -0.15) is 24.9 Å². The molecular weight excluding hydrogens is 365 g/mol. The molecule has 2 atom stereocenters. The van der Waals surface area contributed by atoms with Crippen molar-refractivity contribution in [2.24, 2.45) is 11.8 Å². The lowest BCUT2D eigenvalue weighted by Crippen LogP contribution is -2.17. The van der Waals surface area contributed by atoms with Gasteiger partial charge in [0.25, 0.3) is 0 Å². The van der Waals surface area contributed by atoms with Crippen LogP contribution in [-0.2, 0) is 0 Å². The van der Waals surface area contributed by atoms with Gasteiger partial charge in [-0.3, -0.25) is 0 Å². The zero-order valence-electron chi connectivity index (χ0n) is 17.2. The summed E-state index contributed by atoms with van der Waals surface area (Å²) in [7, 11) is 0. The zero-order valence-corrected chi connectivity index (χ0v) is 18.0. The molecule has 0 saturated carbocycles. The third-order valence-electron chi connectivity index (χ3n) is 4.89. The van der Waals surface area contributed by atoms with Gasteiger partial charge in [-0.25, -0.2) is 0 Å². The Labute approximate surface area is 168 Å². The second-order valence-corrected chi connectivity index (χ2v) is 9.22. The van der Waals surface area contributed by atoms with E-state index in [1.165, 1.54) is 42.7 Å². The van der Waals surface area contributed by atoms with E-state index in [0.717, 1.165) is 19.3 Å². The Hall–Kier alpha value is -0.900. The van der Waals surface area contributed by atoms with Gasteiger partial charge in [-0.15, -0.1) is 0 Å². The minimum absolute atomic E-state index is 0.301. The van der Waals surface area contributed by atoms with Gasteiger partial charge < -0.3 is 0 Å². The molecule has 0 spiro atoms. The summed E-state index contributed by atoms with van der Waals surface area (Å²) in [5.74, 6) is 0.143. The normalized spacial score (nSPS) is 20.2. The van der Waals surface area contributed by atoms with Crippen molar-refractivity contribution in [3.63, 3.8) is 0 Å². The van der Waals surface area contributed by atoms with Gasteiger partial charge >= 0.3 is 6.18 Å². The monoisotopic (exact) mass is 400 g/mol. The summed E-state index contributed by atoms with van der Waals surface area (Å²) >= 11 is 2.02. The molecule has 2 unspecified atom stereocenters. The fourth-order valence-corrected chi connectivity index (χ4v) is 3.93. The van der Waals surface area contributed by atoms with Gasteiger partial charge in [-0.05, 0) is 56.5 Å². The molecule has 0 saturated heterocycles. The molecule has 27 heavy (non-hydrogen) atoms. The van der Waals surface area contributed by atoms with E-state index in [1.54, 1.807) is 6.08 Å². The van der Waals surface area contributed by atoms with E-state index in [1.807, 2.05) is 18.7 Å². The third kappa shape index (κ3) is 10.3. The van der Waals surface area contributed by atoms with Crippen LogP contribution in [0.4, 0.5) is 13.2 Å². The number of halogens is 3. The molecule has 0 fully saturated rings. The van der Waals surface area contributed by atoms with Crippen LogP contribution < -0.4 is 0 Å². The molecule has 0 bridgehead atoms. The first-order valence-corrected chi connectivity index (χ1v) is 11.1. The summed E-state index contributed by atoms with van der Waals surface area (Å²) < 4.78 is 37.8. The molecule has 0 aromatic carbocycles. The molecule has 0 aromatic heterocycles. The summed E-state index contributed by atoms with van der Waals surface area (Å²) in [6.45, 7) is 7.65. The maximum absolute atomic E-state index is 12.6. The molecule has 0 N–H and O–H groups in total. The first kappa shape index (κ1) is 24.1. The highest BCUT2D eigenvalue weighted by Crippen LogP contribution is 2.29. The highest BCUT2D eigenvalue weighted by Gasteiger charge is 2.33. The molecule has 0 aliphatic heterocycles. The van der Waals surface area contributed by atoms with Crippen molar-refractivity contribution in [1.29, 1.82) is 0 Å².